The van der Waals surface area contributed by atoms with Crippen LogP contribution in [0.15, 0.2) is 72.7 Å². The molecule has 0 radical (unpaired) electrons. The molecule has 34 heavy (non-hydrogen) atoms. The van der Waals surface area contributed by atoms with E-state index < -0.39 is 17.5 Å². The van der Waals surface area contributed by atoms with Crippen LogP contribution in [0.4, 0.5) is 0 Å². The van der Waals surface area contributed by atoms with Crippen LogP contribution >= 0.6 is 46.4 Å². The summed E-state index contributed by atoms with van der Waals surface area (Å²) >= 11 is 24.8. The van der Waals surface area contributed by atoms with E-state index in [1.54, 1.807) is 30.5 Å². The van der Waals surface area contributed by atoms with Gasteiger partial charge in [0.15, 0.2) is 0 Å². The third kappa shape index (κ3) is 4.48. The number of hydrogen-bond acceptors (Lipinski definition) is 4. The van der Waals surface area contributed by atoms with E-state index in [4.69, 9.17) is 60.6 Å². The van der Waals surface area contributed by atoms with E-state index in [0.717, 1.165) is 11.1 Å². The molecule has 3 unspecified atom stereocenters. The Kier molecular flexibility index (Phi) is 6.67. The molecule has 2 aliphatic rings. The highest BCUT2D eigenvalue weighted by Gasteiger charge is 2.43. The molecule has 5 rings (SSSR count). The van der Waals surface area contributed by atoms with Gasteiger partial charge in [0.25, 0.3) is 6.29 Å². The summed E-state index contributed by atoms with van der Waals surface area (Å²) in [6.07, 6.45) is 1.33. The van der Waals surface area contributed by atoms with Crippen LogP contribution in [0.25, 0.3) is 0 Å². The van der Waals surface area contributed by atoms with Crippen molar-refractivity contribution in [3.8, 4) is 5.75 Å². The number of allylic oxidation sites excluding steroid dienone is 1. The van der Waals surface area contributed by atoms with Crippen molar-refractivity contribution >= 4 is 51.6 Å². The van der Waals surface area contributed by atoms with Gasteiger partial charge in [-0.15, -0.1) is 0 Å². The summed E-state index contributed by atoms with van der Waals surface area (Å²) in [5.41, 5.74) is 3.32. The van der Waals surface area contributed by atoms with Crippen LogP contribution in [-0.2, 0) is 27.3 Å². The number of ether oxygens (including phenoxy) is 3. The Labute approximate surface area is 216 Å². The number of rotatable bonds is 6. The van der Waals surface area contributed by atoms with Crippen molar-refractivity contribution in [2.75, 3.05) is 0 Å². The van der Waals surface area contributed by atoms with Crippen molar-refractivity contribution in [1.82, 2.24) is 0 Å². The minimum absolute atomic E-state index is 0.222. The zero-order chi connectivity index (χ0) is 23.8. The summed E-state index contributed by atoms with van der Waals surface area (Å²) in [6, 6.07) is 18.3. The summed E-state index contributed by atoms with van der Waals surface area (Å²) in [7, 11) is 0. The zero-order valence-corrected chi connectivity index (χ0v) is 20.7. The molecule has 0 amide bonds. The van der Waals surface area contributed by atoms with Crippen LogP contribution in [0.3, 0.4) is 0 Å². The molecular formula is C26H18Cl4O4. The Hall–Kier alpha value is -2.37. The van der Waals surface area contributed by atoms with Gasteiger partial charge in [0, 0.05) is 15.6 Å². The third-order valence-electron chi connectivity index (χ3n) is 6.04. The molecule has 0 saturated heterocycles. The quantitative estimate of drug-likeness (QED) is 0.301. The van der Waals surface area contributed by atoms with E-state index in [9.17, 15) is 4.79 Å². The Morgan fingerprint density at radius 1 is 0.941 bits per heavy atom. The number of halogens is 4. The number of carbonyl (C=O) groups is 1. The molecule has 174 valence electrons. The van der Waals surface area contributed by atoms with Crippen molar-refractivity contribution in [3.63, 3.8) is 0 Å². The molecule has 3 atom stereocenters. The molecule has 0 N–H and O–H groups in total. The van der Waals surface area contributed by atoms with E-state index in [0.29, 0.717) is 44.1 Å². The van der Waals surface area contributed by atoms with Gasteiger partial charge in [0.2, 0.25) is 5.24 Å². The lowest BCUT2D eigenvalue weighted by atomic mass is 9.92. The van der Waals surface area contributed by atoms with E-state index in [1.807, 2.05) is 36.4 Å². The van der Waals surface area contributed by atoms with E-state index in [2.05, 4.69) is 0 Å². The average Bonchev–Trinajstić information content (AvgIpc) is 3.43. The Bertz CT molecular complexity index is 1270. The Balaban J connectivity index is 1.37. The molecule has 3 aromatic carbocycles. The van der Waals surface area contributed by atoms with Crippen LogP contribution in [-0.4, -0.2) is 5.24 Å². The van der Waals surface area contributed by atoms with Crippen molar-refractivity contribution in [2.45, 2.75) is 25.2 Å². The summed E-state index contributed by atoms with van der Waals surface area (Å²) in [5.74, 6) is 0.339. The molecule has 0 saturated carbocycles. The Morgan fingerprint density at radius 3 is 2.41 bits per heavy atom. The second kappa shape index (κ2) is 9.71. The van der Waals surface area contributed by atoms with E-state index in [1.165, 1.54) is 0 Å². The highest BCUT2D eigenvalue weighted by molar-refractivity contribution is 6.64. The molecule has 4 nitrogen and oxygen atoms in total. The van der Waals surface area contributed by atoms with Crippen molar-refractivity contribution in [3.05, 3.63) is 110 Å². The largest absolute Gasteiger partial charge is 0.489 e. The molecule has 3 aromatic rings. The standard InChI is InChI=1S/C26H18Cl4O4/c27-20-5-2-1-4-17(20)26-33-13-23(34-26)24-16-9-8-15(10-14(16)11-18(24)25(30)31)32-12-19-21(28)6-3-7-22(19)29/h1-10,13,18,24,26H,11-12H2. The van der Waals surface area contributed by atoms with Crippen LogP contribution in [0, 0.1) is 5.92 Å². The maximum Gasteiger partial charge on any atom is 0.268 e. The maximum atomic E-state index is 12.3. The maximum absolute atomic E-state index is 12.3. The number of benzene rings is 3. The minimum Gasteiger partial charge on any atom is -0.489 e. The topological polar surface area (TPSA) is 44.8 Å². The summed E-state index contributed by atoms with van der Waals surface area (Å²) < 4.78 is 17.8. The normalized spacial score (nSPS) is 20.8. The second-order valence-electron chi connectivity index (χ2n) is 8.07. The van der Waals surface area contributed by atoms with Crippen molar-refractivity contribution in [1.29, 1.82) is 0 Å². The molecule has 0 bridgehead atoms. The van der Waals surface area contributed by atoms with Gasteiger partial charge in [0.1, 0.15) is 24.4 Å². The molecule has 8 heteroatoms. The predicted molar refractivity (Wildman–Crippen MR) is 132 cm³/mol. The van der Waals surface area contributed by atoms with Crippen LogP contribution < -0.4 is 4.74 Å². The number of fused-ring (bicyclic) bond motifs is 1. The highest BCUT2D eigenvalue weighted by atomic mass is 35.5. The van der Waals surface area contributed by atoms with Gasteiger partial charge >= 0.3 is 0 Å². The third-order valence-corrected chi connectivity index (χ3v) is 7.38. The van der Waals surface area contributed by atoms with Crippen molar-refractivity contribution in [2.24, 2.45) is 5.92 Å². The first-order chi connectivity index (χ1) is 16.4. The first-order valence-electron chi connectivity index (χ1n) is 10.6. The van der Waals surface area contributed by atoms with Gasteiger partial charge in [-0.1, -0.05) is 65.1 Å². The lowest BCUT2D eigenvalue weighted by Gasteiger charge is -2.20. The molecular weight excluding hydrogens is 518 g/mol. The smallest absolute Gasteiger partial charge is 0.268 e. The molecule has 0 fully saturated rings. The molecule has 1 aliphatic carbocycles. The summed E-state index contributed by atoms with van der Waals surface area (Å²) in [4.78, 5) is 12.3. The first kappa shape index (κ1) is 23.4. The van der Waals surface area contributed by atoms with Crippen LogP contribution in [0.5, 0.6) is 5.75 Å². The van der Waals surface area contributed by atoms with Gasteiger partial charge in [-0.3, -0.25) is 4.79 Å². The lowest BCUT2D eigenvalue weighted by molar-refractivity contribution is -0.115. The average molecular weight is 536 g/mol. The minimum atomic E-state index is -0.679. The highest BCUT2D eigenvalue weighted by Crippen LogP contribution is 2.48. The Morgan fingerprint density at radius 2 is 1.68 bits per heavy atom. The summed E-state index contributed by atoms with van der Waals surface area (Å²) in [5, 5.41) is 1.19. The molecule has 1 heterocycles. The predicted octanol–water partition coefficient (Wildman–Crippen LogP) is 7.83. The first-order valence-corrected chi connectivity index (χ1v) is 12.1. The number of hydrogen-bond donors (Lipinski definition) is 0. The fourth-order valence-electron chi connectivity index (χ4n) is 4.37. The SMILES string of the molecule is O=C(Cl)C1Cc2cc(OCc3c(Cl)cccc3Cl)ccc2C1C1=COC(c2ccccc2Cl)O1. The fourth-order valence-corrected chi connectivity index (χ4v) is 5.30. The summed E-state index contributed by atoms with van der Waals surface area (Å²) in [6.45, 7) is 0.222. The van der Waals surface area contributed by atoms with Gasteiger partial charge in [-0.25, -0.2) is 0 Å². The van der Waals surface area contributed by atoms with Crippen molar-refractivity contribution < 1.29 is 19.0 Å². The molecule has 0 aromatic heterocycles. The van der Waals surface area contributed by atoms with Crippen LogP contribution in [0.2, 0.25) is 15.1 Å². The molecule has 0 spiro atoms. The van der Waals surface area contributed by atoms with Crippen LogP contribution in [0.1, 0.15) is 34.5 Å². The second-order valence-corrected chi connectivity index (χ2v) is 9.66. The monoisotopic (exact) mass is 534 g/mol. The van der Waals surface area contributed by atoms with Gasteiger partial charge < -0.3 is 14.2 Å². The van der Waals surface area contributed by atoms with E-state index >= 15 is 0 Å². The zero-order valence-electron chi connectivity index (χ0n) is 17.6. The molecule has 1 aliphatic heterocycles. The van der Waals surface area contributed by atoms with Gasteiger partial charge in [-0.2, -0.15) is 0 Å². The van der Waals surface area contributed by atoms with Gasteiger partial charge in [-0.05, 0) is 59.5 Å². The number of carbonyl (C=O) groups excluding carboxylic acids is 1. The lowest BCUT2D eigenvalue weighted by Crippen LogP contribution is -2.17. The van der Waals surface area contributed by atoms with E-state index in [-0.39, 0.29) is 12.5 Å². The van der Waals surface area contributed by atoms with Gasteiger partial charge in [0.05, 0.1) is 22.4 Å². The fraction of sp³-hybridized carbons (Fsp3) is 0.192.